The Kier molecular flexibility index (Phi) is 31.5. The molecule has 320 valence electrons. The summed E-state index contributed by atoms with van der Waals surface area (Å²) in [7, 11) is -1.18. The number of esters is 2. The molecule has 2 amide bonds. The Morgan fingerprint density at radius 3 is 1.69 bits per heavy atom. The molecule has 1 rings (SSSR count). The third-order valence-electron chi connectivity index (χ3n) is 9.26. The van der Waals surface area contributed by atoms with E-state index in [-0.39, 0.29) is 36.8 Å². The van der Waals surface area contributed by atoms with Crippen molar-refractivity contribution in [2.45, 2.75) is 201 Å². The topological polar surface area (TPSA) is 158 Å². The molecule has 0 bridgehead atoms. The highest BCUT2D eigenvalue weighted by atomic mass is 31.2. The van der Waals surface area contributed by atoms with E-state index >= 15 is 0 Å². The quantitative estimate of drug-likeness (QED) is 0.0363. The molecule has 0 aromatic heterocycles. The van der Waals surface area contributed by atoms with Gasteiger partial charge in [-0.25, -0.2) is 9.46 Å². The summed E-state index contributed by atoms with van der Waals surface area (Å²) in [5, 5.41) is 14.8. The van der Waals surface area contributed by atoms with Gasteiger partial charge in [0.2, 0.25) is 0 Å². The van der Waals surface area contributed by atoms with Crippen LogP contribution in [0.1, 0.15) is 170 Å². The Balaban J connectivity index is 1.92. The second-order valence-electron chi connectivity index (χ2n) is 15.1. The van der Waals surface area contributed by atoms with E-state index in [0.29, 0.717) is 57.7 Å². The maximum absolute atomic E-state index is 12.1. The van der Waals surface area contributed by atoms with Gasteiger partial charge in [0.25, 0.3) is 8.53 Å². The summed E-state index contributed by atoms with van der Waals surface area (Å²) in [5.41, 5.74) is 0. The van der Waals surface area contributed by atoms with Crippen LogP contribution in [-0.2, 0) is 37.6 Å². The van der Waals surface area contributed by atoms with Crippen molar-refractivity contribution in [1.29, 1.82) is 5.26 Å². The highest BCUT2D eigenvalue weighted by Gasteiger charge is 2.32. The molecule has 0 saturated carbocycles. The van der Waals surface area contributed by atoms with Crippen molar-refractivity contribution in [3.05, 3.63) is 0 Å². The lowest BCUT2D eigenvalue weighted by molar-refractivity contribution is -0.229. The monoisotopic (exact) mass is 801 g/mol. The van der Waals surface area contributed by atoms with E-state index in [1.807, 2.05) is 0 Å². The minimum atomic E-state index is -1.18. The third kappa shape index (κ3) is 28.9. The Hall–Kier alpha value is -2.07. The molecule has 0 aromatic rings. The van der Waals surface area contributed by atoms with Crippen LogP contribution in [-0.4, -0.2) is 92.7 Å². The Bertz CT molecular complexity index is 1020. The molecule has 0 radical (unpaired) electrons. The zero-order valence-electron chi connectivity index (χ0n) is 35.3. The molecule has 0 aromatic carbocycles. The van der Waals surface area contributed by atoms with Crippen LogP contribution >= 0.6 is 8.53 Å². The van der Waals surface area contributed by atoms with E-state index in [2.05, 4.69) is 49.1 Å². The van der Waals surface area contributed by atoms with E-state index in [4.69, 9.17) is 33.3 Å². The van der Waals surface area contributed by atoms with Gasteiger partial charge in [0.1, 0.15) is 12.7 Å². The number of carbonyl (C=O) groups excluding carboxylic acids is 3. The average molecular weight is 801 g/mol. The second kappa shape index (κ2) is 34.0. The molecule has 1 fully saturated rings. The SMILES string of the molecule is CC(=O)OCC1CC(OC(C)=O)CC(OCCCCCCCCCCCCCCCNC(=O)NCCCCCCOP(OCCC#N)N(C(C)C)C(C)C)O1. The fourth-order valence-electron chi connectivity index (χ4n) is 6.58. The first-order chi connectivity index (χ1) is 26.5. The van der Waals surface area contributed by atoms with Gasteiger partial charge in [-0.15, -0.1) is 0 Å². The number of unbranched alkanes of at least 4 members (excludes halogenated alkanes) is 15. The smallest absolute Gasteiger partial charge is 0.314 e. The number of nitrogens with zero attached hydrogens (tertiary/aromatic N) is 2. The summed E-state index contributed by atoms with van der Waals surface area (Å²) in [4.78, 5) is 34.7. The largest absolute Gasteiger partial charge is 0.463 e. The molecule has 55 heavy (non-hydrogen) atoms. The number of nitriles is 1. The van der Waals surface area contributed by atoms with Crippen molar-refractivity contribution in [2.24, 2.45) is 0 Å². The third-order valence-corrected chi connectivity index (χ3v) is 11.4. The molecule has 1 heterocycles. The summed E-state index contributed by atoms with van der Waals surface area (Å²) in [6, 6.07) is 2.66. The standard InChI is InChI=1S/C41H77N4O9P/c1-34(2)45(35(3)4)55(52-30-24-25-42)51-29-23-19-17-21-27-44-41(48)43-26-20-16-14-12-10-8-7-9-11-13-15-18-22-28-49-40-32-38(53-37(6)47)31-39(54-40)33-50-36(5)46/h34-35,38-40H,7-24,26-33H2,1-6H3,(H2,43,44,48). The molecule has 1 aliphatic rings. The van der Waals surface area contributed by atoms with Gasteiger partial charge >= 0.3 is 18.0 Å². The fourth-order valence-corrected chi connectivity index (χ4v) is 8.20. The lowest BCUT2D eigenvalue weighted by Gasteiger charge is -2.35. The zero-order valence-corrected chi connectivity index (χ0v) is 36.2. The summed E-state index contributed by atoms with van der Waals surface area (Å²) < 4.78 is 36.6. The number of hydrogen-bond acceptors (Lipinski definition) is 11. The number of carbonyl (C=O) groups is 3. The molecular formula is C41H77N4O9P. The van der Waals surface area contributed by atoms with Crippen molar-refractivity contribution in [1.82, 2.24) is 15.3 Å². The normalized spacial score (nSPS) is 17.6. The molecule has 2 N–H and O–H groups in total. The van der Waals surface area contributed by atoms with Crippen molar-refractivity contribution in [2.75, 3.05) is 39.5 Å². The van der Waals surface area contributed by atoms with Crippen LogP contribution in [0.2, 0.25) is 0 Å². The maximum atomic E-state index is 12.1. The highest BCUT2D eigenvalue weighted by Crippen LogP contribution is 2.46. The van der Waals surface area contributed by atoms with Crippen molar-refractivity contribution < 1.29 is 42.4 Å². The fraction of sp³-hybridized carbons (Fsp3) is 0.902. The molecule has 0 spiro atoms. The minimum Gasteiger partial charge on any atom is -0.463 e. The van der Waals surface area contributed by atoms with Gasteiger partial charge in [-0.2, -0.15) is 5.26 Å². The molecular weight excluding hydrogens is 723 g/mol. The van der Waals surface area contributed by atoms with Crippen LogP contribution in [0, 0.1) is 11.3 Å². The van der Waals surface area contributed by atoms with Crippen molar-refractivity contribution >= 4 is 26.5 Å². The van der Waals surface area contributed by atoms with E-state index in [1.165, 1.54) is 71.6 Å². The highest BCUT2D eigenvalue weighted by molar-refractivity contribution is 7.44. The molecule has 4 unspecified atom stereocenters. The van der Waals surface area contributed by atoms with E-state index in [9.17, 15) is 14.4 Å². The lowest BCUT2D eigenvalue weighted by atomic mass is 10.0. The first-order valence-electron chi connectivity index (χ1n) is 21.3. The van der Waals surface area contributed by atoms with Gasteiger partial charge in [-0.05, 0) is 53.4 Å². The summed E-state index contributed by atoms with van der Waals surface area (Å²) in [6.45, 7) is 14.5. The van der Waals surface area contributed by atoms with Crippen LogP contribution in [0.4, 0.5) is 4.79 Å². The van der Waals surface area contributed by atoms with Gasteiger partial charge in [0.15, 0.2) is 6.29 Å². The first kappa shape index (κ1) is 50.9. The number of amides is 2. The van der Waals surface area contributed by atoms with Crippen LogP contribution in [0.25, 0.3) is 0 Å². The van der Waals surface area contributed by atoms with E-state index in [1.54, 1.807) is 0 Å². The lowest BCUT2D eigenvalue weighted by Crippen LogP contribution is -2.41. The predicted molar refractivity (Wildman–Crippen MR) is 217 cm³/mol. The molecule has 1 aliphatic heterocycles. The van der Waals surface area contributed by atoms with Gasteiger partial charge < -0.3 is 38.6 Å². The number of urea groups is 1. The van der Waals surface area contributed by atoms with Crippen LogP contribution < -0.4 is 10.6 Å². The second-order valence-corrected chi connectivity index (χ2v) is 16.6. The number of rotatable bonds is 34. The number of nitrogens with one attached hydrogen (secondary N) is 2. The Labute approximate surface area is 334 Å². The molecule has 13 nitrogen and oxygen atoms in total. The van der Waals surface area contributed by atoms with Gasteiger partial charge in [-0.1, -0.05) is 83.5 Å². The van der Waals surface area contributed by atoms with Gasteiger partial charge in [0, 0.05) is 58.5 Å². The molecule has 0 aliphatic carbocycles. The van der Waals surface area contributed by atoms with Crippen LogP contribution in [0.15, 0.2) is 0 Å². The maximum Gasteiger partial charge on any atom is 0.314 e. The van der Waals surface area contributed by atoms with Crippen LogP contribution in [0.5, 0.6) is 0 Å². The molecule has 1 saturated heterocycles. The average Bonchev–Trinajstić information content (AvgIpc) is 3.12. The summed E-state index contributed by atoms with van der Waals surface area (Å²) in [6.07, 6.45) is 19.9. The Morgan fingerprint density at radius 2 is 1.20 bits per heavy atom. The van der Waals surface area contributed by atoms with E-state index in [0.717, 1.165) is 57.9 Å². The minimum absolute atomic E-state index is 0.0729. The Morgan fingerprint density at radius 1 is 0.709 bits per heavy atom. The summed E-state index contributed by atoms with van der Waals surface area (Å²) in [5.74, 6) is -0.690. The van der Waals surface area contributed by atoms with Gasteiger partial charge in [0.05, 0.1) is 31.8 Å². The van der Waals surface area contributed by atoms with Crippen molar-refractivity contribution in [3.8, 4) is 6.07 Å². The predicted octanol–water partition coefficient (Wildman–Crippen LogP) is 9.23. The molecule has 4 atom stereocenters. The number of hydrogen-bond donors (Lipinski definition) is 2. The van der Waals surface area contributed by atoms with Crippen molar-refractivity contribution in [3.63, 3.8) is 0 Å². The molecule has 14 heteroatoms. The van der Waals surface area contributed by atoms with Gasteiger partial charge in [-0.3, -0.25) is 9.59 Å². The zero-order chi connectivity index (χ0) is 40.5. The van der Waals surface area contributed by atoms with E-state index < -0.39 is 14.8 Å². The first-order valence-corrected chi connectivity index (χ1v) is 22.5. The number of ether oxygens (including phenoxy) is 4. The summed E-state index contributed by atoms with van der Waals surface area (Å²) >= 11 is 0. The van der Waals surface area contributed by atoms with Crippen LogP contribution in [0.3, 0.4) is 0 Å².